The molecule has 0 bridgehead atoms. The summed E-state index contributed by atoms with van der Waals surface area (Å²) in [6, 6.07) is 6.39. The standard InChI is InChI=1S/C19H26N4O2.C2H3N/c1-11-16(22-9-8-13(10-22)12(2)20-3)7-6-15-17(11)23(14-4-5-14)19(25)21-18(15)24;1-2-3/h6-7,12-14,20H,4-5,8-10H2,1-3H3,(H,21,24,25);1H3. The van der Waals surface area contributed by atoms with Gasteiger partial charge in [-0.1, -0.05) is 0 Å². The third-order valence-electron chi connectivity index (χ3n) is 5.97. The van der Waals surface area contributed by atoms with Crippen molar-refractivity contribution in [1.29, 1.82) is 5.26 Å². The molecule has 4 rings (SSSR count). The number of nitriles is 1. The van der Waals surface area contributed by atoms with Gasteiger partial charge in [-0.05, 0) is 63.8 Å². The summed E-state index contributed by atoms with van der Waals surface area (Å²) < 4.78 is 1.80. The first-order valence-electron chi connectivity index (χ1n) is 9.94. The Kier molecular flexibility index (Phi) is 5.90. The summed E-state index contributed by atoms with van der Waals surface area (Å²) >= 11 is 0. The van der Waals surface area contributed by atoms with Crippen LogP contribution in [-0.2, 0) is 0 Å². The molecule has 7 nitrogen and oxygen atoms in total. The van der Waals surface area contributed by atoms with Gasteiger partial charge in [0.15, 0.2) is 0 Å². The number of H-pyrrole nitrogens is 1. The van der Waals surface area contributed by atoms with Crippen molar-refractivity contribution in [3.8, 4) is 6.07 Å². The van der Waals surface area contributed by atoms with E-state index < -0.39 is 0 Å². The minimum Gasteiger partial charge on any atom is -0.371 e. The van der Waals surface area contributed by atoms with Crippen molar-refractivity contribution in [2.75, 3.05) is 25.0 Å². The van der Waals surface area contributed by atoms with Crippen LogP contribution in [0.3, 0.4) is 0 Å². The van der Waals surface area contributed by atoms with Crippen LogP contribution in [0.2, 0.25) is 0 Å². The lowest BCUT2D eigenvalue weighted by Crippen LogP contribution is -2.33. The third-order valence-corrected chi connectivity index (χ3v) is 5.97. The normalized spacial score (nSPS) is 19.8. The second-order valence-corrected chi connectivity index (χ2v) is 7.76. The van der Waals surface area contributed by atoms with Crippen molar-refractivity contribution in [3.63, 3.8) is 0 Å². The molecule has 2 atom stereocenters. The van der Waals surface area contributed by atoms with Gasteiger partial charge in [0.25, 0.3) is 5.56 Å². The number of aromatic nitrogens is 2. The van der Waals surface area contributed by atoms with Crippen molar-refractivity contribution in [3.05, 3.63) is 38.5 Å². The van der Waals surface area contributed by atoms with Gasteiger partial charge in [-0.2, -0.15) is 5.26 Å². The Hall–Kier alpha value is -2.59. The molecular formula is C21H29N5O2. The Bertz CT molecular complexity index is 1010. The van der Waals surface area contributed by atoms with Gasteiger partial charge < -0.3 is 10.2 Å². The Morgan fingerprint density at radius 3 is 2.57 bits per heavy atom. The fraction of sp³-hybridized carbons (Fsp3) is 0.571. The average Bonchev–Trinajstić information content (AvgIpc) is 3.38. The van der Waals surface area contributed by atoms with Crippen molar-refractivity contribution < 1.29 is 0 Å². The lowest BCUT2D eigenvalue weighted by atomic mass is 10.0. The van der Waals surface area contributed by atoms with Gasteiger partial charge in [0.05, 0.1) is 17.0 Å². The Balaban J connectivity index is 0.000000706. The zero-order chi connectivity index (χ0) is 20.4. The maximum atomic E-state index is 12.4. The quantitative estimate of drug-likeness (QED) is 0.845. The summed E-state index contributed by atoms with van der Waals surface area (Å²) in [6.07, 6.45) is 3.18. The fourth-order valence-corrected chi connectivity index (χ4v) is 4.18. The summed E-state index contributed by atoms with van der Waals surface area (Å²) in [7, 11) is 2.01. The molecule has 1 aromatic carbocycles. The second kappa shape index (κ2) is 8.19. The highest BCUT2D eigenvalue weighted by atomic mass is 16.2. The lowest BCUT2D eigenvalue weighted by molar-refractivity contribution is 0.429. The number of aryl methyl sites for hydroxylation is 1. The van der Waals surface area contributed by atoms with E-state index in [-0.39, 0.29) is 17.3 Å². The Morgan fingerprint density at radius 2 is 1.96 bits per heavy atom. The molecule has 150 valence electrons. The summed E-state index contributed by atoms with van der Waals surface area (Å²) in [6.45, 7) is 7.72. The number of hydrogen-bond donors (Lipinski definition) is 2. The van der Waals surface area contributed by atoms with Crippen LogP contribution in [0.25, 0.3) is 10.9 Å². The summed E-state index contributed by atoms with van der Waals surface area (Å²) in [5.41, 5.74) is 2.46. The maximum Gasteiger partial charge on any atom is 0.329 e. The second-order valence-electron chi connectivity index (χ2n) is 7.76. The molecule has 1 aliphatic carbocycles. The van der Waals surface area contributed by atoms with Gasteiger partial charge in [-0.15, -0.1) is 0 Å². The molecule has 2 heterocycles. The molecule has 0 amide bonds. The van der Waals surface area contributed by atoms with E-state index in [4.69, 9.17) is 5.26 Å². The van der Waals surface area contributed by atoms with E-state index in [1.54, 1.807) is 10.6 Å². The zero-order valence-corrected chi connectivity index (χ0v) is 17.1. The van der Waals surface area contributed by atoms with Crippen LogP contribution in [0.15, 0.2) is 21.7 Å². The topological polar surface area (TPSA) is 93.9 Å². The molecule has 2 unspecified atom stereocenters. The molecule has 2 fully saturated rings. The first-order valence-corrected chi connectivity index (χ1v) is 9.94. The predicted molar refractivity (Wildman–Crippen MR) is 112 cm³/mol. The smallest absolute Gasteiger partial charge is 0.329 e. The number of nitrogens with zero attached hydrogens (tertiary/aromatic N) is 3. The molecule has 1 aromatic heterocycles. The summed E-state index contributed by atoms with van der Waals surface area (Å²) in [5.74, 6) is 0.616. The monoisotopic (exact) mass is 383 g/mol. The molecule has 0 radical (unpaired) electrons. The molecule has 1 aliphatic heterocycles. The van der Waals surface area contributed by atoms with Crippen LogP contribution >= 0.6 is 0 Å². The SMILES string of the molecule is CC#N.CNC(C)C1CCN(c2ccc3c(=O)[nH]c(=O)n(C4CC4)c3c2C)C1. The van der Waals surface area contributed by atoms with Gasteiger partial charge in [-0.25, -0.2) is 4.79 Å². The molecule has 1 saturated heterocycles. The van der Waals surface area contributed by atoms with E-state index in [1.165, 1.54) is 6.92 Å². The summed E-state index contributed by atoms with van der Waals surface area (Å²) in [5, 5.41) is 11.3. The molecule has 7 heteroatoms. The van der Waals surface area contributed by atoms with Gasteiger partial charge in [0.1, 0.15) is 0 Å². The van der Waals surface area contributed by atoms with Crippen LogP contribution in [0.4, 0.5) is 5.69 Å². The number of aromatic amines is 1. The van der Waals surface area contributed by atoms with Gasteiger partial charge in [-0.3, -0.25) is 14.3 Å². The summed E-state index contributed by atoms with van der Waals surface area (Å²) in [4.78, 5) is 29.5. The van der Waals surface area contributed by atoms with Crippen LogP contribution in [0.1, 0.15) is 44.7 Å². The highest BCUT2D eigenvalue weighted by Crippen LogP contribution is 2.38. The van der Waals surface area contributed by atoms with Crippen LogP contribution in [-0.4, -0.2) is 35.7 Å². The number of nitrogens with one attached hydrogen (secondary N) is 2. The van der Waals surface area contributed by atoms with Crippen LogP contribution < -0.4 is 21.5 Å². The van der Waals surface area contributed by atoms with Crippen LogP contribution in [0, 0.1) is 24.2 Å². The molecule has 28 heavy (non-hydrogen) atoms. The number of fused-ring (bicyclic) bond motifs is 1. The largest absolute Gasteiger partial charge is 0.371 e. The van der Waals surface area contributed by atoms with Gasteiger partial charge in [0.2, 0.25) is 0 Å². The Morgan fingerprint density at radius 1 is 1.29 bits per heavy atom. The van der Waals surface area contributed by atoms with E-state index in [0.29, 0.717) is 17.3 Å². The zero-order valence-electron chi connectivity index (χ0n) is 17.1. The number of rotatable bonds is 4. The number of hydrogen-bond acceptors (Lipinski definition) is 5. The van der Waals surface area contributed by atoms with Crippen molar-refractivity contribution in [2.24, 2.45) is 5.92 Å². The van der Waals surface area contributed by atoms with Gasteiger partial charge >= 0.3 is 5.69 Å². The van der Waals surface area contributed by atoms with Crippen molar-refractivity contribution in [2.45, 2.75) is 52.1 Å². The molecular weight excluding hydrogens is 354 g/mol. The van der Waals surface area contributed by atoms with E-state index >= 15 is 0 Å². The highest BCUT2D eigenvalue weighted by molar-refractivity contribution is 5.86. The number of anilines is 1. The van der Waals surface area contributed by atoms with E-state index in [9.17, 15) is 9.59 Å². The van der Waals surface area contributed by atoms with E-state index in [2.05, 4.69) is 22.1 Å². The van der Waals surface area contributed by atoms with Crippen LogP contribution in [0.5, 0.6) is 0 Å². The fourth-order valence-electron chi connectivity index (χ4n) is 4.18. The Labute approximate surface area is 165 Å². The molecule has 0 spiro atoms. The first-order chi connectivity index (χ1) is 13.4. The molecule has 2 N–H and O–H groups in total. The van der Waals surface area contributed by atoms with E-state index in [1.807, 2.05) is 26.1 Å². The molecule has 2 aromatic rings. The van der Waals surface area contributed by atoms with Gasteiger partial charge in [0, 0.05) is 37.8 Å². The predicted octanol–water partition coefficient (Wildman–Crippen LogP) is 2.30. The molecule has 2 aliphatic rings. The molecule has 1 saturated carbocycles. The minimum absolute atomic E-state index is 0.233. The maximum absolute atomic E-state index is 12.4. The first kappa shape index (κ1) is 20.2. The average molecular weight is 383 g/mol. The third kappa shape index (κ3) is 3.69. The number of benzene rings is 1. The minimum atomic E-state index is -0.283. The van der Waals surface area contributed by atoms with Crippen molar-refractivity contribution >= 4 is 16.6 Å². The van der Waals surface area contributed by atoms with E-state index in [0.717, 1.165) is 49.1 Å². The van der Waals surface area contributed by atoms with Crippen molar-refractivity contribution in [1.82, 2.24) is 14.9 Å². The lowest BCUT2D eigenvalue weighted by Gasteiger charge is -2.24. The highest BCUT2D eigenvalue weighted by Gasteiger charge is 2.30.